The van der Waals surface area contributed by atoms with Gasteiger partial charge in [-0.2, -0.15) is 0 Å². The monoisotopic (exact) mass is 309 g/mol. The van der Waals surface area contributed by atoms with Crippen molar-refractivity contribution in [3.05, 3.63) is 29.5 Å². The van der Waals surface area contributed by atoms with Gasteiger partial charge in [0, 0.05) is 10.0 Å². The number of aromatic nitrogens is 1. The Morgan fingerprint density at radius 3 is 2.56 bits per heavy atom. The highest BCUT2D eigenvalue weighted by Gasteiger charge is 2.27. The molecule has 2 rings (SSSR count). The van der Waals surface area contributed by atoms with Gasteiger partial charge >= 0.3 is 0 Å². The van der Waals surface area contributed by atoms with Gasteiger partial charge in [0.1, 0.15) is 0 Å². The van der Waals surface area contributed by atoms with E-state index in [2.05, 4.69) is 59.9 Å². The van der Waals surface area contributed by atoms with E-state index in [1.54, 1.807) is 7.11 Å². The SMILES string of the molecule is COc1nc(/C(Br)=C/C(C)(C)C)ccc1C1CC1. The van der Waals surface area contributed by atoms with Gasteiger partial charge in [0.2, 0.25) is 5.88 Å². The molecule has 1 aromatic heterocycles. The third-order valence-corrected chi connectivity index (χ3v) is 3.54. The van der Waals surface area contributed by atoms with Gasteiger partial charge in [0.25, 0.3) is 0 Å². The quantitative estimate of drug-likeness (QED) is 0.804. The van der Waals surface area contributed by atoms with Crippen LogP contribution < -0.4 is 4.74 Å². The summed E-state index contributed by atoms with van der Waals surface area (Å²) in [4.78, 5) is 4.60. The van der Waals surface area contributed by atoms with Crippen molar-refractivity contribution in [1.82, 2.24) is 4.98 Å². The summed E-state index contributed by atoms with van der Waals surface area (Å²) in [6.07, 6.45) is 4.69. The van der Waals surface area contributed by atoms with Gasteiger partial charge in [0.05, 0.1) is 12.8 Å². The van der Waals surface area contributed by atoms with Crippen LogP contribution in [0.2, 0.25) is 0 Å². The molecule has 0 amide bonds. The molecule has 0 atom stereocenters. The van der Waals surface area contributed by atoms with Crippen molar-refractivity contribution in [2.45, 2.75) is 39.5 Å². The van der Waals surface area contributed by atoms with Crippen LogP contribution in [-0.2, 0) is 0 Å². The van der Waals surface area contributed by atoms with E-state index in [1.165, 1.54) is 18.4 Å². The van der Waals surface area contributed by atoms with Crippen LogP contribution in [-0.4, -0.2) is 12.1 Å². The Morgan fingerprint density at radius 1 is 1.39 bits per heavy atom. The molecule has 0 N–H and O–H groups in total. The van der Waals surface area contributed by atoms with E-state index in [1.807, 2.05) is 0 Å². The summed E-state index contributed by atoms with van der Waals surface area (Å²) in [6.45, 7) is 6.51. The van der Waals surface area contributed by atoms with E-state index in [-0.39, 0.29) is 5.41 Å². The molecule has 0 bridgehead atoms. The van der Waals surface area contributed by atoms with Crippen molar-refractivity contribution < 1.29 is 4.74 Å². The summed E-state index contributed by atoms with van der Waals surface area (Å²) >= 11 is 3.61. The lowest BCUT2D eigenvalue weighted by Crippen LogP contribution is -2.01. The summed E-state index contributed by atoms with van der Waals surface area (Å²) in [5, 5.41) is 0. The van der Waals surface area contributed by atoms with Gasteiger partial charge < -0.3 is 4.74 Å². The van der Waals surface area contributed by atoms with Crippen LogP contribution in [0.15, 0.2) is 18.2 Å². The predicted molar refractivity (Wildman–Crippen MR) is 79.1 cm³/mol. The number of allylic oxidation sites excluding steroid dienone is 1. The van der Waals surface area contributed by atoms with Crippen LogP contribution in [0.4, 0.5) is 0 Å². The standard InChI is InChI=1S/C15H20BrNO/c1-15(2,3)9-12(16)13-8-7-11(10-5-6-10)14(17-13)18-4/h7-10H,5-6H2,1-4H3/b12-9-. The van der Waals surface area contributed by atoms with Crippen molar-refractivity contribution in [3.63, 3.8) is 0 Å². The molecule has 1 aliphatic carbocycles. The Morgan fingerprint density at radius 2 is 2.06 bits per heavy atom. The molecule has 98 valence electrons. The molecule has 0 aromatic carbocycles. The van der Waals surface area contributed by atoms with E-state index < -0.39 is 0 Å². The summed E-state index contributed by atoms with van der Waals surface area (Å²) in [7, 11) is 1.69. The van der Waals surface area contributed by atoms with Gasteiger partial charge in [-0.3, -0.25) is 0 Å². The Labute approximate surface area is 118 Å². The van der Waals surface area contributed by atoms with Gasteiger partial charge in [0.15, 0.2) is 0 Å². The third kappa shape index (κ3) is 3.35. The zero-order valence-electron chi connectivity index (χ0n) is 11.5. The largest absolute Gasteiger partial charge is 0.481 e. The fraction of sp³-hybridized carbons (Fsp3) is 0.533. The molecular weight excluding hydrogens is 290 g/mol. The van der Waals surface area contributed by atoms with Crippen LogP contribution in [0, 0.1) is 5.41 Å². The summed E-state index contributed by atoms with van der Waals surface area (Å²) in [5.41, 5.74) is 2.31. The molecule has 0 saturated heterocycles. The fourth-order valence-corrected chi connectivity index (χ4v) is 2.81. The Bertz CT molecular complexity index is 470. The lowest BCUT2D eigenvalue weighted by atomic mass is 9.96. The van der Waals surface area contributed by atoms with Crippen LogP contribution in [0.5, 0.6) is 5.88 Å². The maximum Gasteiger partial charge on any atom is 0.217 e. The normalized spacial score (nSPS) is 16.8. The molecule has 0 spiro atoms. The number of nitrogens with zero attached hydrogens (tertiary/aromatic N) is 1. The average Bonchev–Trinajstić information content (AvgIpc) is 3.09. The molecule has 1 fully saturated rings. The van der Waals surface area contributed by atoms with E-state index in [9.17, 15) is 0 Å². The van der Waals surface area contributed by atoms with E-state index >= 15 is 0 Å². The zero-order chi connectivity index (χ0) is 13.3. The highest BCUT2D eigenvalue weighted by Crippen LogP contribution is 2.44. The minimum atomic E-state index is 0.128. The average molecular weight is 310 g/mol. The smallest absolute Gasteiger partial charge is 0.217 e. The Hall–Kier alpha value is -0.830. The van der Waals surface area contributed by atoms with Gasteiger partial charge in [-0.15, -0.1) is 0 Å². The van der Waals surface area contributed by atoms with E-state index in [0.29, 0.717) is 5.92 Å². The highest BCUT2D eigenvalue weighted by atomic mass is 79.9. The molecule has 18 heavy (non-hydrogen) atoms. The second-order valence-electron chi connectivity index (χ2n) is 5.93. The number of hydrogen-bond acceptors (Lipinski definition) is 2. The minimum Gasteiger partial charge on any atom is -0.481 e. The first-order chi connectivity index (χ1) is 8.40. The molecule has 0 unspecified atom stereocenters. The van der Waals surface area contributed by atoms with Crippen molar-refractivity contribution in [2.24, 2.45) is 5.41 Å². The first kappa shape index (κ1) is 13.6. The Kier molecular flexibility index (Phi) is 3.81. The summed E-state index contributed by atoms with van der Waals surface area (Å²) in [5.74, 6) is 1.43. The fourth-order valence-electron chi connectivity index (χ4n) is 1.91. The molecule has 3 heteroatoms. The third-order valence-electron chi connectivity index (χ3n) is 2.90. The van der Waals surface area contributed by atoms with E-state index in [0.717, 1.165) is 16.1 Å². The molecule has 0 aliphatic heterocycles. The molecular formula is C15H20BrNO. The lowest BCUT2D eigenvalue weighted by molar-refractivity contribution is 0.392. The number of ether oxygens (including phenoxy) is 1. The van der Waals surface area contributed by atoms with Crippen molar-refractivity contribution in [3.8, 4) is 5.88 Å². The van der Waals surface area contributed by atoms with Crippen molar-refractivity contribution >= 4 is 20.4 Å². The maximum absolute atomic E-state index is 5.41. The number of methoxy groups -OCH3 is 1. The number of pyridine rings is 1. The van der Waals surface area contributed by atoms with Crippen LogP contribution in [0.25, 0.3) is 4.48 Å². The van der Waals surface area contributed by atoms with Crippen molar-refractivity contribution in [1.29, 1.82) is 0 Å². The Balaban J connectivity index is 2.32. The molecule has 1 heterocycles. The number of halogens is 1. The predicted octanol–water partition coefficient (Wildman–Crippen LogP) is 4.75. The zero-order valence-corrected chi connectivity index (χ0v) is 13.0. The van der Waals surface area contributed by atoms with Crippen molar-refractivity contribution in [2.75, 3.05) is 7.11 Å². The second kappa shape index (κ2) is 5.04. The van der Waals surface area contributed by atoms with Crippen LogP contribution >= 0.6 is 15.9 Å². The summed E-state index contributed by atoms with van der Waals surface area (Å²) < 4.78 is 6.43. The van der Waals surface area contributed by atoms with Crippen LogP contribution in [0.3, 0.4) is 0 Å². The van der Waals surface area contributed by atoms with Gasteiger partial charge in [-0.1, -0.05) is 32.9 Å². The molecule has 2 nitrogen and oxygen atoms in total. The van der Waals surface area contributed by atoms with E-state index in [4.69, 9.17) is 4.74 Å². The van der Waals surface area contributed by atoms with Gasteiger partial charge in [-0.05, 0) is 46.2 Å². The first-order valence-electron chi connectivity index (χ1n) is 6.34. The number of hydrogen-bond donors (Lipinski definition) is 0. The van der Waals surface area contributed by atoms with Gasteiger partial charge in [-0.25, -0.2) is 4.98 Å². The topological polar surface area (TPSA) is 22.1 Å². The highest BCUT2D eigenvalue weighted by molar-refractivity contribution is 9.15. The molecule has 1 aliphatic rings. The number of rotatable bonds is 3. The first-order valence-corrected chi connectivity index (χ1v) is 7.13. The maximum atomic E-state index is 5.41. The molecule has 1 saturated carbocycles. The molecule has 0 radical (unpaired) electrons. The summed E-state index contributed by atoms with van der Waals surface area (Å²) in [6, 6.07) is 4.22. The molecule has 1 aromatic rings. The minimum absolute atomic E-state index is 0.128. The lowest BCUT2D eigenvalue weighted by Gasteiger charge is -2.14. The van der Waals surface area contributed by atoms with Crippen LogP contribution in [0.1, 0.15) is 50.8 Å². The second-order valence-corrected chi connectivity index (χ2v) is 6.78.